The van der Waals surface area contributed by atoms with E-state index < -0.39 is 0 Å². The van der Waals surface area contributed by atoms with Crippen molar-refractivity contribution in [2.75, 3.05) is 31.1 Å². The molecule has 1 fully saturated rings. The maximum atomic E-state index is 14.0. The van der Waals surface area contributed by atoms with Crippen LogP contribution < -0.4 is 4.90 Å². The van der Waals surface area contributed by atoms with Crippen LogP contribution in [0.2, 0.25) is 0 Å². The number of halogens is 1. The summed E-state index contributed by atoms with van der Waals surface area (Å²) in [4.78, 5) is 18.5. The molecule has 1 saturated heterocycles. The van der Waals surface area contributed by atoms with Gasteiger partial charge in [-0.05, 0) is 48.3 Å². The molecule has 1 aromatic carbocycles. The van der Waals surface area contributed by atoms with Crippen molar-refractivity contribution in [3.63, 3.8) is 0 Å². The van der Waals surface area contributed by atoms with Crippen molar-refractivity contribution in [2.45, 2.75) is 40.0 Å². The molecule has 2 aliphatic rings. The van der Waals surface area contributed by atoms with Crippen LogP contribution >= 0.6 is 11.3 Å². The van der Waals surface area contributed by atoms with E-state index in [9.17, 15) is 9.18 Å². The minimum absolute atomic E-state index is 0.153. The molecule has 4 rings (SSSR count). The predicted octanol–water partition coefficient (Wildman–Crippen LogP) is 5.00. The molecule has 2 aromatic rings. The fourth-order valence-corrected chi connectivity index (χ4v) is 5.61. The summed E-state index contributed by atoms with van der Waals surface area (Å²) in [6, 6.07) is 6.88. The summed E-state index contributed by atoms with van der Waals surface area (Å²) in [5.41, 5.74) is 3.14. The van der Waals surface area contributed by atoms with Crippen LogP contribution in [-0.2, 0) is 12.8 Å². The molecule has 1 aliphatic heterocycles. The molecule has 1 aliphatic carbocycles. The minimum Gasteiger partial charge on any atom is -0.366 e. The molecule has 1 atom stereocenters. The number of fused-ring (bicyclic) bond motifs is 1. The number of thiophene rings is 1. The highest BCUT2D eigenvalue weighted by Gasteiger charge is 2.33. The molecule has 0 bridgehead atoms. The molecule has 150 valence electrons. The lowest BCUT2D eigenvalue weighted by Crippen LogP contribution is -2.49. The van der Waals surface area contributed by atoms with Crippen molar-refractivity contribution in [2.24, 2.45) is 11.3 Å². The van der Waals surface area contributed by atoms with E-state index >= 15 is 0 Å². The van der Waals surface area contributed by atoms with Gasteiger partial charge in [-0.1, -0.05) is 32.9 Å². The van der Waals surface area contributed by atoms with Gasteiger partial charge >= 0.3 is 0 Å². The minimum atomic E-state index is -0.192. The monoisotopic (exact) mass is 400 g/mol. The highest BCUT2D eigenvalue weighted by molar-refractivity contribution is 7.10. The molecule has 5 heteroatoms. The maximum absolute atomic E-state index is 14.0. The predicted molar refractivity (Wildman–Crippen MR) is 114 cm³/mol. The number of piperazine rings is 1. The Morgan fingerprint density at radius 3 is 2.54 bits per heavy atom. The SMILES string of the molecule is CC(C)(C)C1CCc2c(C(=O)N3CCN(c4ccccc4F)CC3)csc2C1. The Morgan fingerprint density at radius 2 is 1.86 bits per heavy atom. The van der Waals surface area contributed by atoms with Crippen LogP contribution in [0.1, 0.15) is 48.0 Å². The molecule has 3 nitrogen and oxygen atoms in total. The van der Waals surface area contributed by atoms with Crippen LogP contribution in [0.4, 0.5) is 10.1 Å². The number of hydrogen-bond donors (Lipinski definition) is 0. The third kappa shape index (κ3) is 3.69. The average molecular weight is 401 g/mol. The molecular weight excluding hydrogens is 371 g/mol. The molecular formula is C23H29FN2OS. The fourth-order valence-electron chi connectivity index (χ4n) is 4.46. The summed E-state index contributed by atoms with van der Waals surface area (Å²) in [5.74, 6) is 0.647. The van der Waals surface area contributed by atoms with Crippen LogP contribution in [0, 0.1) is 17.2 Å². The van der Waals surface area contributed by atoms with Crippen molar-refractivity contribution >= 4 is 22.9 Å². The van der Waals surface area contributed by atoms with Crippen molar-refractivity contribution < 1.29 is 9.18 Å². The lowest BCUT2D eigenvalue weighted by atomic mass is 9.72. The second-order valence-corrected chi connectivity index (χ2v) is 10.1. The third-order valence-electron chi connectivity index (χ3n) is 6.37. The van der Waals surface area contributed by atoms with E-state index in [1.54, 1.807) is 17.4 Å². The van der Waals surface area contributed by atoms with Gasteiger partial charge in [0.15, 0.2) is 0 Å². The Kier molecular flexibility index (Phi) is 5.21. The lowest BCUT2D eigenvalue weighted by molar-refractivity contribution is 0.0745. The van der Waals surface area contributed by atoms with E-state index in [4.69, 9.17) is 0 Å². The summed E-state index contributed by atoms with van der Waals surface area (Å²) in [5, 5.41) is 2.07. The molecule has 0 radical (unpaired) electrons. The molecule has 1 unspecified atom stereocenters. The van der Waals surface area contributed by atoms with Crippen LogP contribution in [-0.4, -0.2) is 37.0 Å². The summed E-state index contributed by atoms with van der Waals surface area (Å²) in [7, 11) is 0. The number of nitrogens with zero attached hydrogens (tertiary/aromatic N) is 2. The van der Waals surface area contributed by atoms with Gasteiger partial charge in [0.05, 0.1) is 11.3 Å². The van der Waals surface area contributed by atoms with Gasteiger partial charge in [-0.2, -0.15) is 0 Å². The van der Waals surface area contributed by atoms with Crippen LogP contribution in [0.3, 0.4) is 0 Å². The van der Waals surface area contributed by atoms with Gasteiger partial charge < -0.3 is 9.80 Å². The van der Waals surface area contributed by atoms with Gasteiger partial charge in [0.1, 0.15) is 5.82 Å². The number of benzene rings is 1. The number of carbonyl (C=O) groups excluding carboxylic acids is 1. The van der Waals surface area contributed by atoms with E-state index in [2.05, 4.69) is 26.2 Å². The Bertz CT molecular complexity index is 862. The van der Waals surface area contributed by atoms with Crippen molar-refractivity contribution in [3.8, 4) is 0 Å². The first-order valence-electron chi connectivity index (χ1n) is 10.2. The fraction of sp³-hybridized carbons (Fsp3) is 0.522. The van der Waals surface area contributed by atoms with Gasteiger partial charge in [0.2, 0.25) is 0 Å². The smallest absolute Gasteiger partial charge is 0.255 e. The van der Waals surface area contributed by atoms with E-state index in [1.807, 2.05) is 21.9 Å². The number of carbonyl (C=O) groups is 1. The standard InChI is InChI=1S/C23H29FN2OS/c1-23(2,3)16-8-9-17-18(15-28-21(17)14-16)22(27)26-12-10-25(11-13-26)20-7-5-4-6-19(20)24/h4-7,15-16H,8-14H2,1-3H3. The third-order valence-corrected chi connectivity index (χ3v) is 7.42. The van der Waals surface area contributed by atoms with Gasteiger partial charge in [-0.3, -0.25) is 4.79 Å². The molecule has 1 aromatic heterocycles. The van der Waals surface area contributed by atoms with Crippen LogP contribution in [0.25, 0.3) is 0 Å². The average Bonchev–Trinajstić information content (AvgIpc) is 3.10. The van der Waals surface area contributed by atoms with Crippen LogP contribution in [0.5, 0.6) is 0 Å². The molecule has 0 N–H and O–H groups in total. The van der Waals surface area contributed by atoms with Gasteiger partial charge in [0, 0.05) is 36.4 Å². The normalized spacial score (nSPS) is 20.2. The summed E-state index contributed by atoms with van der Waals surface area (Å²) < 4.78 is 14.0. The first kappa shape index (κ1) is 19.4. The Morgan fingerprint density at radius 1 is 1.14 bits per heavy atom. The van der Waals surface area contributed by atoms with Crippen LogP contribution in [0.15, 0.2) is 29.6 Å². The molecule has 0 spiro atoms. The van der Waals surface area contributed by atoms with Crippen molar-refractivity contribution in [1.82, 2.24) is 4.90 Å². The second-order valence-electron chi connectivity index (χ2n) is 9.09. The zero-order valence-electron chi connectivity index (χ0n) is 17.0. The number of amides is 1. The molecule has 2 heterocycles. The van der Waals surface area contributed by atoms with Crippen molar-refractivity contribution in [3.05, 3.63) is 51.5 Å². The van der Waals surface area contributed by atoms with Gasteiger partial charge in [-0.25, -0.2) is 4.39 Å². The van der Waals surface area contributed by atoms with Gasteiger partial charge in [-0.15, -0.1) is 11.3 Å². The first-order valence-corrected chi connectivity index (χ1v) is 11.1. The first-order chi connectivity index (χ1) is 13.3. The lowest BCUT2D eigenvalue weighted by Gasteiger charge is -2.37. The number of para-hydroxylation sites is 1. The topological polar surface area (TPSA) is 23.6 Å². The van der Waals surface area contributed by atoms with Gasteiger partial charge in [0.25, 0.3) is 5.91 Å². The second kappa shape index (κ2) is 7.51. The van der Waals surface area contributed by atoms with E-state index in [1.165, 1.54) is 16.5 Å². The molecule has 28 heavy (non-hydrogen) atoms. The number of rotatable bonds is 2. The highest BCUT2D eigenvalue weighted by atomic mass is 32.1. The summed E-state index contributed by atoms with van der Waals surface area (Å²) >= 11 is 1.76. The van der Waals surface area contributed by atoms with E-state index in [-0.39, 0.29) is 11.7 Å². The summed E-state index contributed by atoms with van der Waals surface area (Å²) in [6.07, 6.45) is 3.27. The Hall–Kier alpha value is -1.88. The highest BCUT2D eigenvalue weighted by Crippen LogP contribution is 2.40. The van der Waals surface area contributed by atoms with E-state index in [0.29, 0.717) is 43.2 Å². The maximum Gasteiger partial charge on any atom is 0.255 e. The molecule has 0 saturated carbocycles. The molecule has 1 amide bonds. The zero-order valence-corrected chi connectivity index (χ0v) is 17.8. The Labute approximate surface area is 171 Å². The zero-order chi connectivity index (χ0) is 19.9. The number of anilines is 1. The number of hydrogen-bond acceptors (Lipinski definition) is 3. The largest absolute Gasteiger partial charge is 0.366 e. The summed E-state index contributed by atoms with van der Waals surface area (Å²) in [6.45, 7) is 9.58. The quantitative estimate of drug-likeness (QED) is 0.708. The Balaban J connectivity index is 1.43. The van der Waals surface area contributed by atoms with Crippen molar-refractivity contribution in [1.29, 1.82) is 0 Å². The van der Waals surface area contributed by atoms with E-state index in [0.717, 1.165) is 24.8 Å².